The van der Waals surface area contributed by atoms with Crippen molar-refractivity contribution in [2.24, 2.45) is 5.92 Å². The van der Waals surface area contributed by atoms with Gasteiger partial charge in [0.2, 0.25) is 5.91 Å². The molecule has 2 N–H and O–H groups in total. The van der Waals surface area contributed by atoms with Gasteiger partial charge in [-0.15, -0.1) is 0 Å². The molecule has 1 amide bonds. The van der Waals surface area contributed by atoms with Gasteiger partial charge in [-0.25, -0.2) is 0 Å². The number of nitrogens with zero attached hydrogens (tertiary/aromatic N) is 1. The van der Waals surface area contributed by atoms with E-state index in [4.69, 9.17) is 0 Å². The zero-order valence-corrected chi connectivity index (χ0v) is 10.2. The third-order valence-corrected chi connectivity index (χ3v) is 3.39. The van der Waals surface area contributed by atoms with Crippen LogP contribution in [-0.4, -0.2) is 28.2 Å². The monoisotopic (exact) mass is 250 g/mol. The van der Waals surface area contributed by atoms with Gasteiger partial charge in [0.05, 0.1) is 6.10 Å². The first-order chi connectivity index (χ1) is 8.66. The van der Waals surface area contributed by atoms with Crippen LogP contribution in [0.5, 0.6) is 0 Å². The van der Waals surface area contributed by atoms with E-state index < -0.39 is 0 Å². The number of carbonyl (C=O) groups is 1. The van der Waals surface area contributed by atoms with Crippen LogP contribution in [0, 0.1) is 5.92 Å². The summed E-state index contributed by atoms with van der Waals surface area (Å²) in [6, 6.07) is 4.79. The highest BCUT2D eigenvalue weighted by molar-refractivity contribution is 5.75. The van der Waals surface area contributed by atoms with E-state index in [0.29, 0.717) is 6.54 Å². The molecule has 0 radical (unpaired) electrons. The average Bonchev–Trinajstić information content (AvgIpc) is 2.75. The minimum atomic E-state index is -0.301. The van der Waals surface area contributed by atoms with E-state index >= 15 is 0 Å². The third-order valence-electron chi connectivity index (χ3n) is 3.39. The maximum Gasteiger partial charge on any atom is 0.250 e. The molecule has 0 saturated heterocycles. The second kappa shape index (κ2) is 5.82. The van der Waals surface area contributed by atoms with Crippen LogP contribution in [0.4, 0.5) is 0 Å². The number of nitrogens with one attached hydrogen (secondary N) is 1. The Morgan fingerprint density at radius 3 is 2.94 bits per heavy atom. The van der Waals surface area contributed by atoms with E-state index in [-0.39, 0.29) is 30.0 Å². The molecular formula is C13H18N2O3. The second-order valence-corrected chi connectivity index (χ2v) is 4.73. The summed E-state index contributed by atoms with van der Waals surface area (Å²) in [5.41, 5.74) is -0.187. The molecule has 1 aliphatic carbocycles. The molecule has 2 unspecified atom stereocenters. The fraction of sp³-hybridized carbons (Fsp3) is 0.538. The first-order valence-corrected chi connectivity index (χ1v) is 6.27. The number of aliphatic hydroxyl groups excluding tert-OH is 1. The van der Waals surface area contributed by atoms with E-state index in [9.17, 15) is 14.7 Å². The Morgan fingerprint density at radius 1 is 1.44 bits per heavy atom. The Kier molecular flexibility index (Phi) is 4.15. The maximum atomic E-state index is 11.7. The number of rotatable bonds is 4. The van der Waals surface area contributed by atoms with E-state index in [0.717, 1.165) is 19.3 Å². The zero-order valence-electron chi connectivity index (χ0n) is 10.2. The lowest BCUT2D eigenvalue weighted by atomic mass is 10.1. The molecule has 2 rings (SSSR count). The molecule has 0 bridgehead atoms. The van der Waals surface area contributed by atoms with Crippen molar-refractivity contribution in [1.82, 2.24) is 9.88 Å². The lowest BCUT2D eigenvalue weighted by Crippen LogP contribution is -2.36. The van der Waals surface area contributed by atoms with Crippen LogP contribution >= 0.6 is 0 Å². The van der Waals surface area contributed by atoms with Gasteiger partial charge >= 0.3 is 0 Å². The van der Waals surface area contributed by atoms with Crippen LogP contribution in [0.2, 0.25) is 0 Å². The van der Waals surface area contributed by atoms with Crippen molar-refractivity contribution in [3.63, 3.8) is 0 Å². The summed E-state index contributed by atoms with van der Waals surface area (Å²) in [6.45, 7) is 0.518. The number of aliphatic hydroxyl groups is 1. The van der Waals surface area contributed by atoms with Gasteiger partial charge in [-0.1, -0.05) is 12.5 Å². The summed E-state index contributed by atoms with van der Waals surface area (Å²) >= 11 is 0. The molecule has 18 heavy (non-hydrogen) atoms. The van der Waals surface area contributed by atoms with Crippen LogP contribution in [0.1, 0.15) is 19.3 Å². The molecule has 0 aromatic carbocycles. The Balaban J connectivity index is 1.82. The molecule has 0 spiro atoms. The molecule has 1 saturated carbocycles. The van der Waals surface area contributed by atoms with Crippen molar-refractivity contribution in [3.05, 3.63) is 34.7 Å². The number of amides is 1. The van der Waals surface area contributed by atoms with Crippen LogP contribution in [0.3, 0.4) is 0 Å². The summed E-state index contributed by atoms with van der Waals surface area (Å²) < 4.78 is 1.36. The molecule has 1 aromatic rings. The first-order valence-electron chi connectivity index (χ1n) is 6.27. The normalized spacial score (nSPS) is 22.9. The molecule has 1 heterocycles. The van der Waals surface area contributed by atoms with Gasteiger partial charge in [0.25, 0.3) is 5.56 Å². The second-order valence-electron chi connectivity index (χ2n) is 4.73. The average molecular weight is 250 g/mol. The SMILES string of the molecule is O=C(Cn1ccccc1=O)NCC1CCCC1O. The number of pyridine rings is 1. The zero-order chi connectivity index (χ0) is 13.0. The number of hydrogen-bond acceptors (Lipinski definition) is 3. The van der Waals surface area contributed by atoms with Gasteiger partial charge in [0.1, 0.15) is 6.54 Å². The van der Waals surface area contributed by atoms with Crippen molar-refractivity contribution in [2.75, 3.05) is 6.54 Å². The highest BCUT2D eigenvalue weighted by atomic mass is 16.3. The van der Waals surface area contributed by atoms with Gasteiger partial charge in [-0.2, -0.15) is 0 Å². The summed E-state index contributed by atoms with van der Waals surface area (Å²) in [7, 11) is 0. The molecule has 1 aromatic heterocycles. The summed E-state index contributed by atoms with van der Waals surface area (Å²) in [4.78, 5) is 23.1. The quantitative estimate of drug-likeness (QED) is 0.797. The number of hydrogen-bond donors (Lipinski definition) is 2. The lowest BCUT2D eigenvalue weighted by molar-refractivity contribution is -0.122. The standard InChI is InChI=1S/C13H18N2O3/c16-11-5-3-4-10(11)8-14-12(17)9-15-7-2-1-6-13(15)18/h1-2,6-7,10-11,16H,3-5,8-9H2,(H,14,17). The fourth-order valence-corrected chi connectivity index (χ4v) is 2.30. The predicted octanol–water partition coefficient (Wildman–Crippen LogP) is 0.125. The van der Waals surface area contributed by atoms with Crippen LogP contribution in [0.15, 0.2) is 29.2 Å². The lowest BCUT2D eigenvalue weighted by Gasteiger charge is -2.15. The van der Waals surface area contributed by atoms with Crippen molar-refractivity contribution in [2.45, 2.75) is 31.9 Å². The highest BCUT2D eigenvalue weighted by Gasteiger charge is 2.25. The number of aromatic nitrogens is 1. The smallest absolute Gasteiger partial charge is 0.250 e. The molecule has 1 aliphatic rings. The minimum absolute atomic E-state index is 0.0302. The van der Waals surface area contributed by atoms with Crippen molar-refractivity contribution in [3.8, 4) is 0 Å². The van der Waals surface area contributed by atoms with Crippen LogP contribution < -0.4 is 10.9 Å². The van der Waals surface area contributed by atoms with E-state index in [2.05, 4.69) is 5.32 Å². The van der Waals surface area contributed by atoms with Crippen molar-refractivity contribution >= 4 is 5.91 Å². The minimum Gasteiger partial charge on any atom is -0.393 e. The van der Waals surface area contributed by atoms with Gasteiger partial charge < -0.3 is 15.0 Å². The maximum absolute atomic E-state index is 11.7. The summed E-state index contributed by atoms with van der Waals surface area (Å²) in [6.07, 6.45) is 4.07. The van der Waals surface area contributed by atoms with E-state index in [1.807, 2.05) is 0 Å². The van der Waals surface area contributed by atoms with Gasteiger partial charge in [-0.3, -0.25) is 9.59 Å². The summed E-state index contributed by atoms with van der Waals surface area (Å²) in [5, 5.41) is 12.4. The molecule has 1 fully saturated rings. The topological polar surface area (TPSA) is 71.3 Å². The number of carbonyl (C=O) groups excluding carboxylic acids is 1. The van der Waals surface area contributed by atoms with Gasteiger partial charge in [0.15, 0.2) is 0 Å². The fourth-order valence-electron chi connectivity index (χ4n) is 2.30. The van der Waals surface area contributed by atoms with E-state index in [1.165, 1.54) is 10.6 Å². The third kappa shape index (κ3) is 3.20. The Bertz CT molecular complexity index is 469. The Hall–Kier alpha value is -1.62. The van der Waals surface area contributed by atoms with Crippen molar-refractivity contribution in [1.29, 1.82) is 0 Å². The van der Waals surface area contributed by atoms with Gasteiger partial charge in [-0.05, 0) is 18.9 Å². The molecule has 98 valence electrons. The van der Waals surface area contributed by atoms with Gasteiger partial charge in [0, 0.05) is 24.7 Å². The predicted molar refractivity (Wildman–Crippen MR) is 67.1 cm³/mol. The first kappa shape index (κ1) is 12.8. The van der Waals surface area contributed by atoms with E-state index in [1.54, 1.807) is 18.3 Å². The molecule has 2 atom stereocenters. The Morgan fingerprint density at radius 2 is 2.28 bits per heavy atom. The highest BCUT2D eigenvalue weighted by Crippen LogP contribution is 2.24. The molecule has 5 nitrogen and oxygen atoms in total. The van der Waals surface area contributed by atoms with Crippen LogP contribution in [-0.2, 0) is 11.3 Å². The largest absolute Gasteiger partial charge is 0.393 e. The van der Waals surface area contributed by atoms with Crippen LogP contribution in [0.25, 0.3) is 0 Å². The van der Waals surface area contributed by atoms with Crippen molar-refractivity contribution < 1.29 is 9.90 Å². The Labute approximate surface area is 105 Å². The molecule has 5 heteroatoms. The summed E-state index contributed by atoms with van der Waals surface area (Å²) in [5.74, 6) is -0.0381. The molecular weight excluding hydrogens is 232 g/mol. The molecule has 0 aliphatic heterocycles.